The third-order valence-corrected chi connectivity index (χ3v) is 3.97. The number of benzene rings is 1. The average Bonchev–Trinajstić information content (AvgIpc) is 2.68. The molecular weight excluding hydrogens is 316 g/mol. The number of fused-ring (bicyclic) bond motifs is 1. The van der Waals surface area contributed by atoms with Gasteiger partial charge in [0.15, 0.2) is 11.0 Å². The summed E-state index contributed by atoms with van der Waals surface area (Å²) in [5.41, 5.74) is 3.12. The summed E-state index contributed by atoms with van der Waals surface area (Å²) in [4.78, 5) is 21.0. The first kappa shape index (κ1) is 15.2. The number of aliphatic hydroxyl groups excluding tert-OH is 1. The van der Waals surface area contributed by atoms with E-state index in [0.717, 1.165) is 16.7 Å². The minimum Gasteiger partial charge on any atom is -0.453 e. The largest absolute Gasteiger partial charge is 0.453 e. The van der Waals surface area contributed by atoms with Gasteiger partial charge in [-0.2, -0.15) is 0 Å². The van der Waals surface area contributed by atoms with Crippen LogP contribution in [0.15, 0.2) is 76.3 Å². The molecule has 0 spiro atoms. The van der Waals surface area contributed by atoms with Crippen molar-refractivity contribution >= 4 is 11.0 Å². The lowest BCUT2D eigenvalue weighted by atomic mass is 10.1. The lowest BCUT2D eigenvalue weighted by Gasteiger charge is -2.08. The van der Waals surface area contributed by atoms with Crippen LogP contribution in [0.3, 0.4) is 0 Å². The Morgan fingerprint density at radius 3 is 2.68 bits per heavy atom. The Morgan fingerprint density at radius 1 is 1.00 bits per heavy atom. The van der Waals surface area contributed by atoms with Gasteiger partial charge >= 0.3 is 0 Å². The van der Waals surface area contributed by atoms with Crippen molar-refractivity contribution in [2.75, 3.05) is 0 Å². The molecule has 3 aromatic heterocycles. The van der Waals surface area contributed by atoms with Gasteiger partial charge in [0.1, 0.15) is 11.5 Å². The van der Waals surface area contributed by atoms with Crippen LogP contribution in [-0.4, -0.2) is 15.1 Å². The van der Waals surface area contributed by atoms with Crippen LogP contribution in [0, 0.1) is 0 Å². The molecule has 0 fully saturated rings. The molecular formula is C20H14N2O3. The van der Waals surface area contributed by atoms with Crippen LogP contribution in [-0.2, 0) is 6.61 Å². The maximum atomic E-state index is 12.5. The molecule has 1 N–H and O–H groups in total. The zero-order valence-corrected chi connectivity index (χ0v) is 13.2. The second-order valence-electron chi connectivity index (χ2n) is 5.61. The Bertz CT molecular complexity index is 1100. The predicted octanol–water partition coefficient (Wildman–Crippen LogP) is 3.41. The molecule has 0 amide bonds. The van der Waals surface area contributed by atoms with Crippen LogP contribution in [0.5, 0.6) is 0 Å². The van der Waals surface area contributed by atoms with Crippen LogP contribution in [0.1, 0.15) is 5.56 Å². The summed E-state index contributed by atoms with van der Waals surface area (Å²) in [5, 5.41) is 9.82. The first-order valence-corrected chi connectivity index (χ1v) is 7.80. The van der Waals surface area contributed by atoms with E-state index in [1.807, 2.05) is 30.3 Å². The van der Waals surface area contributed by atoms with Crippen molar-refractivity contribution in [3.8, 4) is 22.6 Å². The summed E-state index contributed by atoms with van der Waals surface area (Å²) in [5.74, 6) is 0.443. The van der Waals surface area contributed by atoms with Gasteiger partial charge in [-0.15, -0.1) is 0 Å². The lowest BCUT2D eigenvalue weighted by Crippen LogP contribution is -2.02. The van der Waals surface area contributed by atoms with Crippen molar-refractivity contribution in [1.82, 2.24) is 9.97 Å². The molecule has 122 valence electrons. The molecule has 5 nitrogen and oxygen atoms in total. The number of aliphatic hydroxyl groups is 1. The van der Waals surface area contributed by atoms with Gasteiger partial charge in [-0.1, -0.05) is 18.2 Å². The zero-order chi connectivity index (χ0) is 17.2. The van der Waals surface area contributed by atoms with Crippen molar-refractivity contribution in [2.24, 2.45) is 0 Å². The summed E-state index contributed by atoms with van der Waals surface area (Å²) >= 11 is 0. The number of nitrogens with zero attached hydrogens (tertiary/aromatic N) is 2. The molecule has 0 saturated heterocycles. The Labute approximate surface area is 143 Å². The highest BCUT2D eigenvalue weighted by atomic mass is 16.3. The monoisotopic (exact) mass is 330 g/mol. The summed E-state index contributed by atoms with van der Waals surface area (Å²) < 4.78 is 6.02. The standard InChI is InChI=1S/C20H14N2O3/c23-12-13-3-1-4-14(9-13)19-20-16(6-8-22-19)17(24)10-18(25-20)15-5-2-7-21-11-15/h1-11,23H,12H2. The molecule has 3 heterocycles. The van der Waals surface area contributed by atoms with Gasteiger partial charge in [0, 0.05) is 35.8 Å². The summed E-state index contributed by atoms with van der Waals surface area (Å²) in [7, 11) is 0. The van der Waals surface area contributed by atoms with Gasteiger partial charge < -0.3 is 9.52 Å². The molecule has 0 atom stereocenters. The van der Waals surface area contributed by atoms with E-state index in [9.17, 15) is 9.90 Å². The SMILES string of the molecule is O=c1cc(-c2cccnc2)oc2c(-c3cccc(CO)c3)nccc12. The molecule has 5 heteroatoms. The van der Waals surface area contributed by atoms with Crippen molar-refractivity contribution < 1.29 is 9.52 Å². The topological polar surface area (TPSA) is 76.2 Å². The number of rotatable bonds is 3. The molecule has 0 aliphatic carbocycles. The van der Waals surface area contributed by atoms with Crippen molar-refractivity contribution in [2.45, 2.75) is 6.61 Å². The number of hydrogen-bond acceptors (Lipinski definition) is 5. The van der Waals surface area contributed by atoms with E-state index < -0.39 is 0 Å². The van der Waals surface area contributed by atoms with Crippen LogP contribution in [0.2, 0.25) is 0 Å². The van der Waals surface area contributed by atoms with Gasteiger partial charge in [-0.3, -0.25) is 14.8 Å². The van der Waals surface area contributed by atoms with Crippen molar-refractivity contribution in [3.05, 3.63) is 82.9 Å². The summed E-state index contributed by atoms with van der Waals surface area (Å²) in [6.07, 6.45) is 4.90. The summed E-state index contributed by atoms with van der Waals surface area (Å²) in [6.45, 7) is -0.0660. The third kappa shape index (κ3) is 2.81. The van der Waals surface area contributed by atoms with Crippen molar-refractivity contribution in [1.29, 1.82) is 0 Å². The fraction of sp³-hybridized carbons (Fsp3) is 0.0500. The Hall–Kier alpha value is -3.31. The summed E-state index contributed by atoms with van der Waals surface area (Å²) in [6, 6.07) is 14.1. The zero-order valence-electron chi connectivity index (χ0n) is 13.2. The van der Waals surface area contributed by atoms with Crippen molar-refractivity contribution in [3.63, 3.8) is 0 Å². The highest BCUT2D eigenvalue weighted by molar-refractivity contribution is 5.90. The fourth-order valence-electron chi connectivity index (χ4n) is 2.76. The van der Waals surface area contributed by atoms with E-state index in [2.05, 4.69) is 9.97 Å². The second kappa shape index (κ2) is 6.30. The molecule has 1 aromatic carbocycles. The number of hydrogen-bond donors (Lipinski definition) is 1. The van der Waals surface area contributed by atoms with Gasteiger partial charge in [-0.05, 0) is 29.8 Å². The molecule has 4 rings (SSSR count). The van der Waals surface area contributed by atoms with E-state index >= 15 is 0 Å². The van der Waals surface area contributed by atoms with E-state index in [-0.39, 0.29) is 12.0 Å². The van der Waals surface area contributed by atoms with Crippen LogP contribution in [0.4, 0.5) is 0 Å². The average molecular weight is 330 g/mol. The minimum absolute atomic E-state index is 0.0660. The van der Waals surface area contributed by atoms with Crippen LogP contribution < -0.4 is 5.43 Å². The molecule has 0 saturated carbocycles. The molecule has 0 bridgehead atoms. The predicted molar refractivity (Wildman–Crippen MR) is 94.9 cm³/mol. The molecule has 0 unspecified atom stereocenters. The maximum Gasteiger partial charge on any atom is 0.193 e. The van der Waals surface area contributed by atoms with E-state index in [1.165, 1.54) is 6.07 Å². The first-order chi connectivity index (χ1) is 12.3. The maximum absolute atomic E-state index is 12.5. The number of pyridine rings is 2. The molecule has 0 aliphatic heterocycles. The Kier molecular flexibility index (Phi) is 3.84. The molecule has 0 radical (unpaired) electrons. The van der Waals surface area contributed by atoms with Gasteiger partial charge in [-0.25, -0.2) is 0 Å². The van der Waals surface area contributed by atoms with Gasteiger partial charge in [0.2, 0.25) is 0 Å². The third-order valence-electron chi connectivity index (χ3n) is 3.97. The van der Waals surface area contributed by atoms with Crippen LogP contribution >= 0.6 is 0 Å². The van der Waals surface area contributed by atoms with E-state index in [4.69, 9.17) is 4.42 Å². The molecule has 25 heavy (non-hydrogen) atoms. The van der Waals surface area contributed by atoms with E-state index in [1.54, 1.807) is 30.7 Å². The second-order valence-corrected chi connectivity index (χ2v) is 5.61. The quantitative estimate of drug-likeness (QED) is 0.623. The fourth-order valence-corrected chi connectivity index (χ4v) is 2.76. The molecule has 4 aromatic rings. The first-order valence-electron chi connectivity index (χ1n) is 7.80. The van der Waals surface area contributed by atoms with Crippen LogP contribution in [0.25, 0.3) is 33.6 Å². The minimum atomic E-state index is -0.137. The number of aromatic nitrogens is 2. The Morgan fingerprint density at radius 2 is 1.88 bits per heavy atom. The molecule has 0 aliphatic rings. The highest BCUT2D eigenvalue weighted by Gasteiger charge is 2.13. The van der Waals surface area contributed by atoms with Gasteiger partial charge in [0.25, 0.3) is 0 Å². The Balaban J connectivity index is 1.99. The highest BCUT2D eigenvalue weighted by Crippen LogP contribution is 2.29. The van der Waals surface area contributed by atoms with E-state index in [0.29, 0.717) is 22.4 Å². The smallest absolute Gasteiger partial charge is 0.193 e. The normalized spacial score (nSPS) is 10.9. The van der Waals surface area contributed by atoms with Gasteiger partial charge in [0.05, 0.1) is 12.0 Å². The lowest BCUT2D eigenvalue weighted by molar-refractivity contribution is 0.282.